The second-order valence-corrected chi connectivity index (χ2v) is 9.22. The number of rotatable bonds is 7. The lowest BCUT2D eigenvalue weighted by Gasteiger charge is -2.15. The van der Waals surface area contributed by atoms with Crippen LogP contribution in [-0.4, -0.2) is 17.7 Å². The zero-order valence-corrected chi connectivity index (χ0v) is 19.1. The molecule has 1 aliphatic carbocycles. The fraction of sp³-hybridized carbons (Fsp3) is 0.240. The molecule has 1 saturated carbocycles. The van der Waals surface area contributed by atoms with E-state index in [9.17, 15) is 18.8 Å². The van der Waals surface area contributed by atoms with Crippen LogP contribution in [0.25, 0.3) is 0 Å². The highest BCUT2D eigenvalue weighted by atomic mass is 32.1. The molecule has 170 valence electrons. The fourth-order valence-electron chi connectivity index (χ4n) is 3.37. The van der Waals surface area contributed by atoms with Gasteiger partial charge < -0.3 is 16.0 Å². The van der Waals surface area contributed by atoms with Crippen LogP contribution in [0.2, 0.25) is 0 Å². The highest BCUT2D eigenvalue weighted by Crippen LogP contribution is 2.30. The van der Waals surface area contributed by atoms with Gasteiger partial charge in [0.25, 0.3) is 11.8 Å². The number of carbonyl (C=O) groups is 3. The molecule has 3 aromatic rings. The van der Waals surface area contributed by atoms with Gasteiger partial charge in [-0.1, -0.05) is 18.2 Å². The van der Waals surface area contributed by atoms with Crippen molar-refractivity contribution < 1.29 is 18.8 Å². The third kappa shape index (κ3) is 5.64. The number of carbonyl (C=O) groups excluding carboxylic acids is 3. The second-order valence-electron chi connectivity index (χ2n) is 8.17. The first-order valence-corrected chi connectivity index (χ1v) is 11.5. The zero-order valence-electron chi connectivity index (χ0n) is 18.3. The lowest BCUT2D eigenvalue weighted by atomic mass is 10.1. The first-order valence-electron chi connectivity index (χ1n) is 10.7. The topological polar surface area (TPSA) is 87.3 Å². The maximum Gasteiger partial charge on any atom is 0.262 e. The van der Waals surface area contributed by atoms with Crippen molar-refractivity contribution in [3.63, 3.8) is 0 Å². The Balaban J connectivity index is 1.37. The van der Waals surface area contributed by atoms with Crippen molar-refractivity contribution in [2.75, 3.05) is 10.6 Å². The molecule has 1 atom stereocenters. The fourth-order valence-corrected chi connectivity index (χ4v) is 4.34. The van der Waals surface area contributed by atoms with Gasteiger partial charge in [0.15, 0.2) is 0 Å². The minimum Gasteiger partial charge on any atom is -0.345 e. The number of benzene rings is 2. The maximum absolute atomic E-state index is 13.4. The summed E-state index contributed by atoms with van der Waals surface area (Å²) < 4.78 is 13.4. The van der Waals surface area contributed by atoms with Crippen molar-refractivity contribution in [2.24, 2.45) is 5.92 Å². The van der Waals surface area contributed by atoms with Crippen LogP contribution in [-0.2, 0) is 4.79 Å². The second kappa shape index (κ2) is 9.54. The Hall–Kier alpha value is -3.52. The van der Waals surface area contributed by atoms with Crippen molar-refractivity contribution in [3.05, 3.63) is 82.0 Å². The van der Waals surface area contributed by atoms with Crippen molar-refractivity contribution >= 4 is 39.7 Å². The Bertz CT molecular complexity index is 1200. The summed E-state index contributed by atoms with van der Waals surface area (Å²) in [5.74, 6) is -0.984. The van der Waals surface area contributed by atoms with Gasteiger partial charge in [0.05, 0.1) is 15.9 Å². The summed E-state index contributed by atoms with van der Waals surface area (Å²) in [4.78, 5) is 37.6. The van der Waals surface area contributed by atoms with Crippen molar-refractivity contribution in [3.8, 4) is 0 Å². The lowest BCUT2D eigenvalue weighted by molar-refractivity contribution is -0.117. The van der Waals surface area contributed by atoms with Gasteiger partial charge in [-0.15, -0.1) is 11.3 Å². The molecule has 2 aromatic carbocycles. The quantitative estimate of drug-likeness (QED) is 0.443. The van der Waals surface area contributed by atoms with E-state index in [1.807, 2.05) is 31.2 Å². The highest BCUT2D eigenvalue weighted by Gasteiger charge is 2.29. The molecule has 1 aliphatic rings. The number of hydrogen-bond donors (Lipinski definition) is 3. The molecule has 0 radical (unpaired) electrons. The zero-order chi connectivity index (χ0) is 23.5. The minimum absolute atomic E-state index is 0.0533. The number of amides is 3. The van der Waals surface area contributed by atoms with E-state index in [1.165, 1.54) is 18.2 Å². The van der Waals surface area contributed by atoms with Crippen LogP contribution >= 0.6 is 11.3 Å². The van der Waals surface area contributed by atoms with E-state index in [1.54, 1.807) is 13.0 Å². The minimum atomic E-state index is -0.489. The van der Waals surface area contributed by atoms with Gasteiger partial charge >= 0.3 is 0 Å². The van der Waals surface area contributed by atoms with Crippen molar-refractivity contribution in [2.45, 2.75) is 32.7 Å². The summed E-state index contributed by atoms with van der Waals surface area (Å²) in [6.07, 6.45) is 1.90. The molecule has 6 nitrogen and oxygen atoms in total. The third-order valence-electron chi connectivity index (χ3n) is 5.42. The monoisotopic (exact) mass is 465 g/mol. The molecule has 3 N–H and O–H groups in total. The van der Waals surface area contributed by atoms with Crippen molar-refractivity contribution in [1.82, 2.24) is 5.32 Å². The Kier molecular flexibility index (Phi) is 6.55. The largest absolute Gasteiger partial charge is 0.345 e. The summed E-state index contributed by atoms with van der Waals surface area (Å²) in [6, 6.07) is 14.3. The Morgan fingerprint density at radius 2 is 1.73 bits per heavy atom. The van der Waals surface area contributed by atoms with Crippen LogP contribution in [0.5, 0.6) is 0 Å². The molecule has 4 rings (SSSR count). The Morgan fingerprint density at radius 1 is 1.00 bits per heavy atom. The molecule has 0 saturated heterocycles. The van der Waals surface area contributed by atoms with Gasteiger partial charge in [-0.2, -0.15) is 0 Å². The number of anilines is 2. The van der Waals surface area contributed by atoms with E-state index in [0.29, 0.717) is 9.88 Å². The van der Waals surface area contributed by atoms with E-state index >= 15 is 0 Å². The standard InChI is InChI=1S/C25H24FN3O3S/c1-14-12-21(29-24(31)18-4-3-5-19(26)13-18)33-22(14)25(32)27-15(2)16-8-10-20(11-9-16)28-23(30)17-6-7-17/h3-5,8-13,15,17H,6-7H2,1-2H3,(H,27,32)(H,28,30)(H,29,31). The predicted molar refractivity (Wildman–Crippen MR) is 127 cm³/mol. The van der Waals surface area contributed by atoms with Gasteiger partial charge in [0.2, 0.25) is 5.91 Å². The van der Waals surface area contributed by atoms with Gasteiger partial charge in [0.1, 0.15) is 5.82 Å². The van der Waals surface area contributed by atoms with Crippen LogP contribution in [0.15, 0.2) is 54.6 Å². The number of thiophene rings is 1. The van der Waals surface area contributed by atoms with E-state index in [-0.39, 0.29) is 29.3 Å². The molecule has 1 fully saturated rings. The highest BCUT2D eigenvalue weighted by molar-refractivity contribution is 7.18. The molecule has 8 heteroatoms. The van der Waals surface area contributed by atoms with Crippen LogP contribution in [0.1, 0.15) is 57.0 Å². The van der Waals surface area contributed by atoms with Crippen LogP contribution in [0.4, 0.5) is 15.1 Å². The molecule has 1 aromatic heterocycles. The van der Waals surface area contributed by atoms with E-state index in [0.717, 1.165) is 47.1 Å². The van der Waals surface area contributed by atoms with E-state index < -0.39 is 11.7 Å². The number of hydrogen-bond acceptors (Lipinski definition) is 4. The molecule has 3 amide bonds. The average Bonchev–Trinajstić information content (AvgIpc) is 3.57. The molecule has 1 unspecified atom stereocenters. The van der Waals surface area contributed by atoms with Gasteiger partial charge in [0, 0.05) is 17.2 Å². The molecule has 33 heavy (non-hydrogen) atoms. The number of halogens is 1. The van der Waals surface area contributed by atoms with Gasteiger partial charge in [-0.25, -0.2) is 4.39 Å². The molecule has 0 aliphatic heterocycles. The van der Waals surface area contributed by atoms with E-state index in [2.05, 4.69) is 16.0 Å². The number of aryl methyl sites for hydroxylation is 1. The molecular formula is C25H24FN3O3S. The Morgan fingerprint density at radius 3 is 2.39 bits per heavy atom. The van der Waals surface area contributed by atoms with Gasteiger partial charge in [-0.3, -0.25) is 14.4 Å². The smallest absolute Gasteiger partial charge is 0.262 e. The van der Waals surface area contributed by atoms with Crippen LogP contribution in [0.3, 0.4) is 0 Å². The van der Waals surface area contributed by atoms with Crippen LogP contribution in [0, 0.1) is 18.7 Å². The summed E-state index contributed by atoms with van der Waals surface area (Å²) in [7, 11) is 0. The summed E-state index contributed by atoms with van der Waals surface area (Å²) in [5, 5.41) is 9.10. The molecule has 0 bridgehead atoms. The normalized spacial score (nSPS) is 13.8. The molecule has 1 heterocycles. The predicted octanol–water partition coefficient (Wildman–Crippen LogP) is 5.29. The molecule has 0 spiro atoms. The SMILES string of the molecule is Cc1cc(NC(=O)c2cccc(F)c2)sc1C(=O)NC(C)c1ccc(NC(=O)C2CC2)cc1. The lowest BCUT2D eigenvalue weighted by Crippen LogP contribution is -2.26. The Labute approximate surface area is 195 Å². The van der Waals surface area contributed by atoms with Crippen molar-refractivity contribution in [1.29, 1.82) is 0 Å². The first kappa shape index (κ1) is 22.7. The molecular weight excluding hydrogens is 441 g/mol. The average molecular weight is 466 g/mol. The summed E-state index contributed by atoms with van der Waals surface area (Å²) >= 11 is 1.16. The summed E-state index contributed by atoms with van der Waals surface area (Å²) in [5.41, 5.74) is 2.58. The maximum atomic E-state index is 13.4. The first-order chi connectivity index (χ1) is 15.8. The van der Waals surface area contributed by atoms with Crippen LogP contribution < -0.4 is 16.0 Å². The summed E-state index contributed by atoms with van der Waals surface area (Å²) in [6.45, 7) is 3.68. The number of nitrogens with one attached hydrogen (secondary N) is 3. The van der Waals surface area contributed by atoms with E-state index in [4.69, 9.17) is 0 Å². The third-order valence-corrected chi connectivity index (χ3v) is 6.57. The van der Waals surface area contributed by atoms with Gasteiger partial charge in [-0.05, 0) is 74.2 Å².